The van der Waals surface area contributed by atoms with Crippen LogP contribution in [0.2, 0.25) is 0 Å². The predicted molar refractivity (Wildman–Crippen MR) is 110 cm³/mol. The lowest BCUT2D eigenvalue weighted by molar-refractivity contribution is 0.0945. The van der Waals surface area contributed by atoms with Crippen molar-refractivity contribution in [2.75, 3.05) is 36.5 Å². The third kappa shape index (κ3) is 4.85. The minimum atomic E-state index is -0.289. The molecule has 0 atom stereocenters. The van der Waals surface area contributed by atoms with Gasteiger partial charge in [-0.25, -0.2) is 9.97 Å². The van der Waals surface area contributed by atoms with Gasteiger partial charge in [-0.15, -0.1) is 0 Å². The Morgan fingerprint density at radius 3 is 2.59 bits per heavy atom. The number of nitrogens with one attached hydrogen (secondary N) is 2. The number of rotatable bonds is 6. The number of carbonyl (C=O) groups is 1. The van der Waals surface area contributed by atoms with E-state index in [1.54, 1.807) is 12.4 Å². The number of aromatic nitrogens is 3. The molecule has 4 rings (SSSR count). The van der Waals surface area contributed by atoms with Gasteiger partial charge in [-0.2, -0.15) is 0 Å². The number of hydrogen-bond acceptors (Lipinski definition) is 7. The lowest BCUT2D eigenvalue weighted by Crippen LogP contribution is -2.36. The molecule has 0 bridgehead atoms. The fraction of sp³-hybridized carbons (Fsp3) is 0.238. The van der Waals surface area contributed by atoms with Crippen molar-refractivity contribution in [3.63, 3.8) is 0 Å². The van der Waals surface area contributed by atoms with Crippen LogP contribution in [0, 0.1) is 0 Å². The van der Waals surface area contributed by atoms with Gasteiger partial charge in [0, 0.05) is 19.3 Å². The molecule has 148 valence electrons. The normalized spacial score (nSPS) is 13.7. The maximum absolute atomic E-state index is 12.3. The number of nitrogens with zero attached hydrogens (tertiary/aromatic N) is 4. The molecule has 1 fully saturated rings. The Kier molecular flexibility index (Phi) is 5.92. The number of para-hydroxylation sites is 2. The smallest absolute Gasteiger partial charge is 0.271 e. The highest BCUT2D eigenvalue weighted by Gasteiger charge is 2.15. The molecule has 29 heavy (non-hydrogen) atoms. The molecule has 1 aliphatic rings. The topological polar surface area (TPSA) is 92.3 Å². The average molecular weight is 390 g/mol. The van der Waals surface area contributed by atoms with Crippen LogP contribution in [0.5, 0.6) is 0 Å². The Morgan fingerprint density at radius 2 is 1.83 bits per heavy atom. The van der Waals surface area contributed by atoms with Crippen molar-refractivity contribution in [1.82, 2.24) is 20.3 Å². The van der Waals surface area contributed by atoms with Gasteiger partial charge in [-0.05, 0) is 24.3 Å². The summed E-state index contributed by atoms with van der Waals surface area (Å²) in [5.41, 5.74) is 3.07. The highest BCUT2D eigenvalue weighted by Crippen LogP contribution is 2.28. The van der Waals surface area contributed by atoms with Gasteiger partial charge in [0.05, 0.1) is 49.2 Å². The van der Waals surface area contributed by atoms with Crippen LogP contribution in [0.3, 0.4) is 0 Å². The highest BCUT2D eigenvalue weighted by atomic mass is 16.5. The highest BCUT2D eigenvalue weighted by molar-refractivity contribution is 5.92. The molecule has 8 nitrogen and oxygen atoms in total. The zero-order chi connectivity index (χ0) is 19.9. The lowest BCUT2D eigenvalue weighted by atomic mass is 10.2. The Hall–Kier alpha value is -3.52. The van der Waals surface area contributed by atoms with E-state index in [0.29, 0.717) is 12.4 Å². The van der Waals surface area contributed by atoms with Crippen LogP contribution in [0.4, 0.5) is 17.2 Å². The van der Waals surface area contributed by atoms with Crippen molar-refractivity contribution < 1.29 is 9.53 Å². The van der Waals surface area contributed by atoms with Gasteiger partial charge in [0.25, 0.3) is 5.91 Å². The molecule has 0 radical (unpaired) electrons. The standard InChI is InChI=1S/C21H22N6O2/c28-21(25-13-16-5-3-4-8-22-16)18-14-24-20(15-23-18)26-17-6-1-2-7-19(17)27-9-11-29-12-10-27/h1-8,14-15H,9-13H2,(H,24,26)(H,25,28). The van der Waals surface area contributed by atoms with Crippen LogP contribution < -0.4 is 15.5 Å². The zero-order valence-electron chi connectivity index (χ0n) is 15.9. The van der Waals surface area contributed by atoms with Gasteiger partial charge in [0.15, 0.2) is 0 Å². The molecule has 2 N–H and O–H groups in total. The second-order valence-corrected chi connectivity index (χ2v) is 6.53. The summed E-state index contributed by atoms with van der Waals surface area (Å²) in [6, 6.07) is 13.6. The molecule has 1 aliphatic heterocycles. The minimum absolute atomic E-state index is 0.257. The van der Waals surface area contributed by atoms with Crippen molar-refractivity contribution in [2.45, 2.75) is 6.54 Å². The van der Waals surface area contributed by atoms with Gasteiger partial charge >= 0.3 is 0 Å². The second-order valence-electron chi connectivity index (χ2n) is 6.53. The van der Waals surface area contributed by atoms with E-state index >= 15 is 0 Å². The van der Waals surface area contributed by atoms with Crippen LogP contribution in [0.15, 0.2) is 61.1 Å². The molecular formula is C21H22N6O2. The molecule has 3 heterocycles. The summed E-state index contributed by atoms with van der Waals surface area (Å²) >= 11 is 0. The van der Waals surface area contributed by atoms with Crippen LogP contribution in [-0.4, -0.2) is 47.2 Å². The number of hydrogen-bond donors (Lipinski definition) is 2. The van der Waals surface area contributed by atoms with E-state index in [2.05, 4.69) is 36.6 Å². The largest absolute Gasteiger partial charge is 0.378 e. The molecule has 8 heteroatoms. The van der Waals surface area contributed by atoms with E-state index in [-0.39, 0.29) is 11.6 Å². The summed E-state index contributed by atoms with van der Waals surface area (Å²) in [4.78, 5) is 27.3. The zero-order valence-corrected chi connectivity index (χ0v) is 15.9. The van der Waals surface area contributed by atoms with E-state index < -0.39 is 0 Å². The maximum Gasteiger partial charge on any atom is 0.271 e. The van der Waals surface area contributed by atoms with Gasteiger partial charge in [-0.3, -0.25) is 9.78 Å². The summed E-state index contributed by atoms with van der Waals surface area (Å²) in [5, 5.41) is 6.09. The third-order valence-electron chi connectivity index (χ3n) is 4.56. The Labute approximate surface area is 169 Å². The van der Waals surface area contributed by atoms with Crippen molar-refractivity contribution in [3.05, 3.63) is 72.4 Å². The van der Waals surface area contributed by atoms with Gasteiger partial charge in [-0.1, -0.05) is 18.2 Å². The first kappa shape index (κ1) is 18.8. The van der Waals surface area contributed by atoms with Crippen LogP contribution in [0.1, 0.15) is 16.2 Å². The molecule has 0 spiro atoms. The number of ether oxygens (including phenoxy) is 1. The van der Waals surface area contributed by atoms with Gasteiger partial charge in [0.1, 0.15) is 11.5 Å². The van der Waals surface area contributed by atoms with Crippen LogP contribution >= 0.6 is 0 Å². The van der Waals surface area contributed by atoms with E-state index in [1.807, 2.05) is 36.4 Å². The molecule has 1 aromatic carbocycles. The number of pyridine rings is 1. The number of anilines is 3. The van der Waals surface area contributed by atoms with E-state index in [0.717, 1.165) is 43.4 Å². The third-order valence-corrected chi connectivity index (χ3v) is 4.56. The number of amides is 1. The molecule has 2 aromatic heterocycles. The lowest BCUT2D eigenvalue weighted by Gasteiger charge is -2.30. The SMILES string of the molecule is O=C(NCc1ccccn1)c1cnc(Nc2ccccc2N2CCOCC2)cn1. The Bertz CT molecular complexity index is 943. The fourth-order valence-electron chi connectivity index (χ4n) is 3.07. The van der Waals surface area contributed by atoms with Crippen LogP contribution in [0.25, 0.3) is 0 Å². The van der Waals surface area contributed by atoms with Crippen molar-refractivity contribution in [1.29, 1.82) is 0 Å². The fourth-order valence-corrected chi connectivity index (χ4v) is 3.07. The molecule has 3 aromatic rings. The molecular weight excluding hydrogens is 368 g/mol. The van der Waals surface area contributed by atoms with Gasteiger partial charge in [0.2, 0.25) is 0 Å². The average Bonchev–Trinajstić information content (AvgIpc) is 2.80. The summed E-state index contributed by atoms with van der Waals surface area (Å²) in [7, 11) is 0. The number of benzene rings is 1. The van der Waals surface area contributed by atoms with E-state index in [1.165, 1.54) is 6.20 Å². The number of carbonyl (C=O) groups excluding carboxylic acids is 1. The quantitative estimate of drug-likeness (QED) is 0.668. The first-order valence-electron chi connectivity index (χ1n) is 9.48. The predicted octanol–water partition coefficient (Wildman–Crippen LogP) is 2.38. The van der Waals surface area contributed by atoms with Crippen molar-refractivity contribution >= 4 is 23.1 Å². The number of morpholine rings is 1. The molecule has 1 saturated heterocycles. The molecule has 0 saturated carbocycles. The summed E-state index contributed by atoms with van der Waals surface area (Å²) in [6.45, 7) is 3.47. The Balaban J connectivity index is 1.40. The van der Waals surface area contributed by atoms with E-state index in [9.17, 15) is 4.79 Å². The summed E-state index contributed by atoms with van der Waals surface area (Å²) in [5.74, 6) is 0.287. The Morgan fingerprint density at radius 1 is 1.00 bits per heavy atom. The van der Waals surface area contributed by atoms with Crippen molar-refractivity contribution in [3.8, 4) is 0 Å². The first-order chi connectivity index (χ1) is 14.3. The van der Waals surface area contributed by atoms with Crippen molar-refractivity contribution in [2.24, 2.45) is 0 Å². The maximum atomic E-state index is 12.3. The molecule has 0 aliphatic carbocycles. The molecule has 1 amide bonds. The van der Waals surface area contributed by atoms with Gasteiger partial charge < -0.3 is 20.3 Å². The first-order valence-corrected chi connectivity index (χ1v) is 9.48. The molecule has 0 unspecified atom stereocenters. The van der Waals surface area contributed by atoms with E-state index in [4.69, 9.17) is 4.74 Å². The summed E-state index contributed by atoms with van der Waals surface area (Å²) in [6.07, 6.45) is 4.72. The second kappa shape index (κ2) is 9.11. The monoisotopic (exact) mass is 390 g/mol. The summed E-state index contributed by atoms with van der Waals surface area (Å²) < 4.78 is 5.44. The van der Waals surface area contributed by atoms with Crippen LogP contribution in [-0.2, 0) is 11.3 Å². The minimum Gasteiger partial charge on any atom is -0.378 e.